The minimum Gasteiger partial charge on any atom is -0.374 e. The highest BCUT2D eigenvalue weighted by Crippen LogP contribution is 2.41. The minimum atomic E-state index is -2.45. The molecular formula is C14H27F2NO. The summed E-state index contributed by atoms with van der Waals surface area (Å²) in [5, 5.41) is 3.39. The Labute approximate surface area is 109 Å². The average Bonchev–Trinajstić information content (AvgIpc) is 2.57. The molecule has 0 bridgehead atoms. The fourth-order valence-corrected chi connectivity index (χ4v) is 2.91. The van der Waals surface area contributed by atoms with Crippen molar-refractivity contribution in [2.24, 2.45) is 5.92 Å². The Bertz CT molecular complexity index is 256. The van der Waals surface area contributed by atoms with Crippen molar-refractivity contribution in [3.8, 4) is 0 Å². The Balaban J connectivity index is 2.58. The third-order valence-electron chi connectivity index (χ3n) is 3.88. The predicted molar refractivity (Wildman–Crippen MR) is 70.1 cm³/mol. The van der Waals surface area contributed by atoms with Crippen LogP contribution < -0.4 is 5.32 Å². The van der Waals surface area contributed by atoms with Crippen LogP contribution in [0.25, 0.3) is 0 Å². The first-order valence-corrected chi connectivity index (χ1v) is 7.06. The first-order valence-electron chi connectivity index (χ1n) is 7.06. The SMILES string of the molecule is CCNC(CC1CCC(F)(F)C1)C(C)(C)OCC. The highest BCUT2D eigenvalue weighted by Gasteiger charge is 2.42. The second-order valence-corrected chi connectivity index (χ2v) is 5.85. The molecular weight excluding hydrogens is 236 g/mol. The van der Waals surface area contributed by atoms with Crippen molar-refractivity contribution < 1.29 is 13.5 Å². The normalized spacial score (nSPS) is 25.3. The van der Waals surface area contributed by atoms with Crippen molar-refractivity contribution in [1.82, 2.24) is 5.32 Å². The Hall–Kier alpha value is -0.220. The summed E-state index contributed by atoms with van der Waals surface area (Å²) >= 11 is 0. The first kappa shape index (κ1) is 15.8. The molecule has 2 atom stereocenters. The number of rotatable bonds is 7. The van der Waals surface area contributed by atoms with Crippen LogP contribution in [0.3, 0.4) is 0 Å². The van der Waals surface area contributed by atoms with Crippen LogP contribution in [-0.4, -0.2) is 30.7 Å². The lowest BCUT2D eigenvalue weighted by Gasteiger charge is -2.36. The molecule has 1 saturated carbocycles. The third kappa shape index (κ3) is 4.47. The summed E-state index contributed by atoms with van der Waals surface area (Å²) in [7, 11) is 0. The highest BCUT2D eigenvalue weighted by molar-refractivity contribution is 4.91. The summed E-state index contributed by atoms with van der Waals surface area (Å²) < 4.78 is 32.2. The molecule has 0 aromatic carbocycles. The van der Waals surface area contributed by atoms with Crippen LogP contribution in [0.1, 0.15) is 53.4 Å². The van der Waals surface area contributed by atoms with Gasteiger partial charge >= 0.3 is 0 Å². The van der Waals surface area contributed by atoms with Gasteiger partial charge in [0.1, 0.15) is 0 Å². The van der Waals surface area contributed by atoms with Crippen LogP contribution >= 0.6 is 0 Å². The van der Waals surface area contributed by atoms with Crippen molar-refractivity contribution >= 4 is 0 Å². The van der Waals surface area contributed by atoms with Crippen LogP contribution in [0.15, 0.2) is 0 Å². The van der Waals surface area contributed by atoms with Crippen molar-refractivity contribution in [2.45, 2.75) is 70.9 Å². The van der Waals surface area contributed by atoms with E-state index >= 15 is 0 Å². The van der Waals surface area contributed by atoms with E-state index in [9.17, 15) is 8.78 Å². The van der Waals surface area contributed by atoms with Gasteiger partial charge in [-0.1, -0.05) is 6.92 Å². The van der Waals surface area contributed by atoms with Gasteiger partial charge in [0.05, 0.1) is 5.60 Å². The average molecular weight is 263 g/mol. The molecule has 108 valence electrons. The fourth-order valence-electron chi connectivity index (χ4n) is 2.91. The lowest BCUT2D eigenvalue weighted by molar-refractivity contribution is -0.0454. The summed E-state index contributed by atoms with van der Waals surface area (Å²) in [5.74, 6) is -2.33. The van der Waals surface area contributed by atoms with Gasteiger partial charge in [-0.3, -0.25) is 0 Å². The largest absolute Gasteiger partial charge is 0.374 e. The van der Waals surface area contributed by atoms with Gasteiger partial charge in [0.2, 0.25) is 5.92 Å². The van der Waals surface area contributed by atoms with Crippen molar-refractivity contribution in [3.05, 3.63) is 0 Å². The molecule has 0 aliphatic heterocycles. The van der Waals surface area contributed by atoms with E-state index in [1.807, 2.05) is 27.7 Å². The maximum absolute atomic E-state index is 13.2. The minimum absolute atomic E-state index is 0.0388. The van der Waals surface area contributed by atoms with E-state index in [0.29, 0.717) is 13.0 Å². The van der Waals surface area contributed by atoms with Crippen LogP contribution in [0.4, 0.5) is 8.78 Å². The van der Waals surface area contributed by atoms with Gasteiger partial charge in [0.15, 0.2) is 0 Å². The van der Waals surface area contributed by atoms with E-state index in [1.165, 1.54) is 0 Å². The van der Waals surface area contributed by atoms with Crippen molar-refractivity contribution in [2.75, 3.05) is 13.2 Å². The van der Waals surface area contributed by atoms with E-state index in [2.05, 4.69) is 5.32 Å². The molecule has 0 aromatic heterocycles. The molecule has 2 unspecified atom stereocenters. The summed E-state index contributed by atoms with van der Waals surface area (Å²) in [6.45, 7) is 9.57. The summed E-state index contributed by atoms with van der Waals surface area (Å²) in [6, 6.07) is 0.140. The molecule has 4 heteroatoms. The van der Waals surface area contributed by atoms with Gasteiger partial charge in [0, 0.05) is 25.5 Å². The van der Waals surface area contributed by atoms with E-state index < -0.39 is 5.92 Å². The number of likely N-dealkylation sites (N-methyl/N-ethyl adjacent to an activating group) is 1. The maximum atomic E-state index is 13.2. The Morgan fingerprint density at radius 1 is 1.39 bits per heavy atom. The predicted octanol–water partition coefficient (Wildman–Crippen LogP) is 3.61. The zero-order valence-corrected chi connectivity index (χ0v) is 12.1. The quantitative estimate of drug-likeness (QED) is 0.757. The zero-order chi connectivity index (χ0) is 13.8. The molecule has 0 amide bonds. The monoisotopic (exact) mass is 263 g/mol. The number of hydrogen-bond acceptors (Lipinski definition) is 2. The number of hydrogen-bond donors (Lipinski definition) is 1. The molecule has 18 heavy (non-hydrogen) atoms. The standard InChI is InChI=1S/C14H27F2NO/c1-5-17-12(13(3,4)18-6-2)9-11-7-8-14(15,16)10-11/h11-12,17H,5-10H2,1-4H3. The topological polar surface area (TPSA) is 21.3 Å². The fraction of sp³-hybridized carbons (Fsp3) is 1.00. The lowest BCUT2D eigenvalue weighted by atomic mass is 9.88. The molecule has 2 nitrogen and oxygen atoms in total. The summed E-state index contributed by atoms with van der Waals surface area (Å²) in [6.07, 6.45) is 1.50. The number of halogens is 2. The number of alkyl halides is 2. The highest BCUT2D eigenvalue weighted by atomic mass is 19.3. The van der Waals surface area contributed by atoms with Crippen LogP contribution in [-0.2, 0) is 4.74 Å². The van der Waals surface area contributed by atoms with Crippen molar-refractivity contribution in [3.63, 3.8) is 0 Å². The summed E-state index contributed by atoms with van der Waals surface area (Å²) in [5.41, 5.74) is -0.303. The van der Waals surface area contributed by atoms with Gasteiger partial charge in [-0.05, 0) is 46.1 Å². The first-order chi connectivity index (χ1) is 8.30. The Morgan fingerprint density at radius 3 is 2.50 bits per heavy atom. The Morgan fingerprint density at radius 2 is 2.06 bits per heavy atom. The van der Waals surface area contributed by atoms with E-state index in [0.717, 1.165) is 13.0 Å². The van der Waals surface area contributed by atoms with Crippen molar-refractivity contribution in [1.29, 1.82) is 0 Å². The van der Waals surface area contributed by atoms with Gasteiger partial charge in [-0.2, -0.15) is 0 Å². The van der Waals surface area contributed by atoms with E-state index in [4.69, 9.17) is 4.74 Å². The van der Waals surface area contributed by atoms with Gasteiger partial charge in [0.25, 0.3) is 0 Å². The van der Waals surface area contributed by atoms with Gasteiger partial charge < -0.3 is 10.1 Å². The molecule has 1 fully saturated rings. The smallest absolute Gasteiger partial charge is 0.248 e. The van der Waals surface area contributed by atoms with Gasteiger partial charge in [-0.15, -0.1) is 0 Å². The lowest BCUT2D eigenvalue weighted by Crippen LogP contribution is -2.49. The molecule has 1 aliphatic rings. The van der Waals surface area contributed by atoms with Crippen LogP contribution in [0.2, 0.25) is 0 Å². The van der Waals surface area contributed by atoms with Crippen LogP contribution in [0, 0.1) is 5.92 Å². The zero-order valence-electron chi connectivity index (χ0n) is 12.1. The van der Waals surface area contributed by atoms with Crippen LogP contribution in [0.5, 0.6) is 0 Å². The molecule has 0 aromatic rings. The van der Waals surface area contributed by atoms with E-state index in [1.54, 1.807) is 0 Å². The second kappa shape index (κ2) is 6.29. The third-order valence-corrected chi connectivity index (χ3v) is 3.88. The second-order valence-electron chi connectivity index (χ2n) is 5.85. The molecule has 1 N–H and O–H groups in total. The van der Waals surface area contributed by atoms with E-state index in [-0.39, 0.29) is 30.4 Å². The molecule has 0 radical (unpaired) electrons. The Kier molecular flexibility index (Phi) is 5.53. The molecule has 1 aliphatic carbocycles. The van der Waals surface area contributed by atoms with Gasteiger partial charge in [-0.25, -0.2) is 8.78 Å². The number of nitrogens with one attached hydrogen (secondary N) is 1. The molecule has 0 saturated heterocycles. The molecule has 0 spiro atoms. The maximum Gasteiger partial charge on any atom is 0.248 e. The molecule has 1 rings (SSSR count). The number of ether oxygens (including phenoxy) is 1. The summed E-state index contributed by atoms with van der Waals surface area (Å²) in [4.78, 5) is 0. The molecule has 0 heterocycles.